The first-order valence-corrected chi connectivity index (χ1v) is 6.27. The Kier molecular flexibility index (Phi) is 5.69. The smallest absolute Gasteiger partial charge is 0.0645 e. The second-order valence-electron chi connectivity index (χ2n) is 5.08. The SMILES string of the molecule is CCNC(CCO)CN1CCOCC1(C)C. The van der Waals surface area contributed by atoms with Crippen molar-refractivity contribution in [1.29, 1.82) is 0 Å². The van der Waals surface area contributed by atoms with Gasteiger partial charge in [0.2, 0.25) is 0 Å². The van der Waals surface area contributed by atoms with Gasteiger partial charge in [0.15, 0.2) is 0 Å². The molecule has 1 unspecified atom stereocenters. The number of likely N-dealkylation sites (N-methyl/N-ethyl adjacent to an activating group) is 1. The minimum absolute atomic E-state index is 0.112. The Bertz CT molecular complexity index is 191. The van der Waals surface area contributed by atoms with Crippen molar-refractivity contribution in [3.8, 4) is 0 Å². The number of aliphatic hydroxyl groups is 1. The molecule has 96 valence electrons. The van der Waals surface area contributed by atoms with Gasteiger partial charge in [-0.2, -0.15) is 0 Å². The lowest BCUT2D eigenvalue weighted by molar-refractivity contribution is -0.0551. The lowest BCUT2D eigenvalue weighted by Gasteiger charge is -2.43. The number of hydrogen-bond acceptors (Lipinski definition) is 4. The van der Waals surface area contributed by atoms with Crippen LogP contribution in [0.1, 0.15) is 27.2 Å². The maximum atomic E-state index is 9.04. The van der Waals surface area contributed by atoms with E-state index in [1.165, 1.54) is 0 Å². The third-order valence-corrected chi connectivity index (χ3v) is 3.23. The molecular formula is C12H26N2O2. The third kappa shape index (κ3) is 4.01. The van der Waals surface area contributed by atoms with E-state index < -0.39 is 0 Å². The van der Waals surface area contributed by atoms with Crippen LogP contribution >= 0.6 is 0 Å². The Morgan fingerprint density at radius 2 is 2.25 bits per heavy atom. The molecular weight excluding hydrogens is 204 g/mol. The highest BCUT2D eigenvalue weighted by Crippen LogP contribution is 2.19. The summed E-state index contributed by atoms with van der Waals surface area (Å²) >= 11 is 0. The van der Waals surface area contributed by atoms with Crippen LogP contribution in [0.25, 0.3) is 0 Å². The Labute approximate surface area is 99.0 Å². The van der Waals surface area contributed by atoms with Gasteiger partial charge in [-0.25, -0.2) is 0 Å². The number of hydrogen-bond donors (Lipinski definition) is 2. The Balaban J connectivity index is 2.47. The van der Waals surface area contributed by atoms with Crippen molar-refractivity contribution in [2.45, 2.75) is 38.8 Å². The first-order valence-electron chi connectivity index (χ1n) is 6.27. The average molecular weight is 230 g/mol. The fraction of sp³-hybridized carbons (Fsp3) is 1.00. The van der Waals surface area contributed by atoms with Crippen molar-refractivity contribution < 1.29 is 9.84 Å². The third-order valence-electron chi connectivity index (χ3n) is 3.23. The van der Waals surface area contributed by atoms with Crippen molar-refractivity contribution in [3.05, 3.63) is 0 Å². The molecule has 0 bridgehead atoms. The van der Waals surface area contributed by atoms with E-state index in [9.17, 15) is 0 Å². The fourth-order valence-electron chi connectivity index (χ4n) is 2.20. The van der Waals surface area contributed by atoms with E-state index in [-0.39, 0.29) is 12.1 Å². The quantitative estimate of drug-likeness (QED) is 0.696. The second-order valence-corrected chi connectivity index (χ2v) is 5.08. The van der Waals surface area contributed by atoms with Crippen LogP contribution in [0, 0.1) is 0 Å². The molecule has 0 saturated carbocycles. The zero-order chi connectivity index (χ0) is 12.0. The number of rotatable bonds is 6. The minimum atomic E-state index is 0.112. The molecule has 1 heterocycles. The highest BCUT2D eigenvalue weighted by molar-refractivity contribution is 4.87. The summed E-state index contributed by atoms with van der Waals surface area (Å²) in [5.74, 6) is 0. The Morgan fingerprint density at radius 3 is 2.81 bits per heavy atom. The molecule has 0 amide bonds. The van der Waals surface area contributed by atoms with Gasteiger partial charge in [-0.05, 0) is 26.8 Å². The summed E-state index contributed by atoms with van der Waals surface area (Å²) in [4.78, 5) is 2.46. The summed E-state index contributed by atoms with van der Waals surface area (Å²) in [7, 11) is 0. The van der Waals surface area contributed by atoms with Crippen molar-refractivity contribution in [1.82, 2.24) is 10.2 Å². The molecule has 0 radical (unpaired) electrons. The van der Waals surface area contributed by atoms with E-state index in [0.717, 1.165) is 39.3 Å². The fourth-order valence-corrected chi connectivity index (χ4v) is 2.20. The monoisotopic (exact) mass is 230 g/mol. The lowest BCUT2D eigenvalue weighted by Crippen LogP contribution is -2.56. The van der Waals surface area contributed by atoms with Gasteiger partial charge in [-0.1, -0.05) is 6.92 Å². The standard InChI is InChI=1S/C12H26N2O2/c1-4-13-11(5-7-15)9-14-6-8-16-10-12(14,2)3/h11,13,15H,4-10H2,1-3H3. The van der Waals surface area contributed by atoms with E-state index in [1.54, 1.807) is 0 Å². The topological polar surface area (TPSA) is 44.7 Å². The molecule has 1 fully saturated rings. The van der Waals surface area contributed by atoms with Crippen LogP contribution < -0.4 is 5.32 Å². The Hall–Kier alpha value is -0.160. The molecule has 4 heteroatoms. The molecule has 1 aliphatic rings. The molecule has 0 aromatic carbocycles. The maximum Gasteiger partial charge on any atom is 0.0645 e. The van der Waals surface area contributed by atoms with Gasteiger partial charge in [-0.3, -0.25) is 4.90 Å². The van der Waals surface area contributed by atoms with Crippen LogP contribution in [-0.4, -0.2) is 61.0 Å². The van der Waals surface area contributed by atoms with E-state index in [4.69, 9.17) is 9.84 Å². The van der Waals surface area contributed by atoms with E-state index in [2.05, 4.69) is 31.0 Å². The van der Waals surface area contributed by atoms with Crippen molar-refractivity contribution in [2.75, 3.05) is 39.5 Å². The van der Waals surface area contributed by atoms with E-state index >= 15 is 0 Å². The molecule has 0 aromatic rings. The van der Waals surface area contributed by atoms with Gasteiger partial charge in [0.1, 0.15) is 0 Å². The summed E-state index contributed by atoms with van der Waals surface area (Å²) in [6.45, 7) is 11.3. The predicted molar refractivity (Wildman–Crippen MR) is 65.6 cm³/mol. The summed E-state index contributed by atoms with van der Waals surface area (Å²) in [5.41, 5.74) is 0.112. The van der Waals surface area contributed by atoms with Crippen molar-refractivity contribution in [3.63, 3.8) is 0 Å². The van der Waals surface area contributed by atoms with Crippen LogP contribution in [0.4, 0.5) is 0 Å². The lowest BCUT2D eigenvalue weighted by atomic mass is 10.0. The number of aliphatic hydroxyl groups excluding tert-OH is 1. The second kappa shape index (κ2) is 6.55. The van der Waals surface area contributed by atoms with Gasteiger partial charge < -0.3 is 15.2 Å². The Morgan fingerprint density at radius 1 is 1.50 bits per heavy atom. The molecule has 1 atom stereocenters. The van der Waals surface area contributed by atoms with Crippen LogP contribution in [0.2, 0.25) is 0 Å². The largest absolute Gasteiger partial charge is 0.396 e. The number of ether oxygens (including phenoxy) is 1. The highest BCUT2D eigenvalue weighted by Gasteiger charge is 2.31. The number of nitrogens with zero attached hydrogens (tertiary/aromatic N) is 1. The van der Waals surface area contributed by atoms with Crippen LogP contribution in [0.3, 0.4) is 0 Å². The molecule has 0 spiro atoms. The van der Waals surface area contributed by atoms with E-state index in [0.29, 0.717) is 6.04 Å². The molecule has 0 aromatic heterocycles. The summed E-state index contributed by atoms with van der Waals surface area (Å²) in [5, 5.41) is 12.5. The normalized spacial score (nSPS) is 23.2. The molecule has 4 nitrogen and oxygen atoms in total. The highest BCUT2D eigenvalue weighted by atomic mass is 16.5. The number of morpholine rings is 1. The number of nitrogens with one attached hydrogen (secondary N) is 1. The zero-order valence-electron chi connectivity index (χ0n) is 10.8. The summed E-state index contributed by atoms with van der Waals surface area (Å²) in [6.07, 6.45) is 0.821. The molecule has 1 rings (SSSR count). The molecule has 0 aliphatic carbocycles. The van der Waals surface area contributed by atoms with E-state index in [1.807, 2.05) is 0 Å². The van der Waals surface area contributed by atoms with Gasteiger partial charge in [0.25, 0.3) is 0 Å². The van der Waals surface area contributed by atoms with Crippen LogP contribution in [0.5, 0.6) is 0 Å². The summed E-state index contributed by atoms with van der Waals surface area (Å²) in [6, 6.07) is 0.382. The van der Waals surface area contributed by atoms with Crippen molar-refractivity contribution in [2.24, 2.45) is 0 Å². The molecule has 16 heavy (non-hydrogen) atoms. The molecule has 1 aliphatic heterocycles. The first-order chi connectivity index (χ1) is 7.60. The van der Waals surface area contributed by atoms with Gasteiger partial charge in [0.05, 0.1) is 13.2 Å². The molecule has 1 saturated heterocycles. The predicted octanol–water partition coefficient (Wildman–Crippen LogP) is 0.458. The van der Waals surface area contributed by atoms with Crippen LogP contribution in [0.15, 0.2) is 0 Å². The van der Waals surface area contributed by atoms with Gasteiger partial charge in [0, 0.05) is 31.3 Å². The summed E-state index contributed by atoms with van der Waals surface area (Å²) < 4.78 is 5.51. The van der Waals surface area contributed by atoms with Gasteiger partial charge >= 0.3 is 0 Å². The minimum Gasteiger partial charge on any atom is -0.396 e. The molecule has 2 N–H and O–H groups in total. The first kappa shape index (κ1) is 13.9. The van der Waals surface area contributed by atoms with Crippen LogP contribution in [-0.2, 0) is 4.74 Å². The zero-order valence-corrected chi connectivity index (χ0v) is 10.8. The van der Waals surface area contributed by atoms with Gasteiger partial charge in [-0.15, -0.1) is 0 Å². The average Bonchev–Trinajstić information content (AvgIpc) is 2.22. The maximum absolute atomic E-state index is 9.04. The van der Waals surface area contributed by atoms with Crippen molar-refractivity contribution >= 4 is 0 Å².